The summed E-state index contributed by atoms with van der Waals surface area (Å²) < 4.78 is 1.82. The second-order valence-electron chi connectivity index (χ2n) is 5.46. The fourth-order valence-electron chi connectivity index (χ4n) is 2.69. The average molecular weight is 273 g/mol. The Bertz CT molecular complexity index is 586. The number of likely N-dealkylation sites (tertiary alicyclic amines) is 1. The van der Waals surface area contributed by atoms with Crippen LogP contribution in [-0.4, -0.2) is 37.3 Å². The zero-order chi connectivity index (χ0) is 14.1. The first-order valence-electron chi connectivity index (χ1n) is 7.01. The van der Waals surface area contributed by atoms with Gasteiger partial charge in [-0.2, -0.15) is 10.2 Å². The Morgan fingerprint density at radius 2 is 2.35 bits per heavy atom. The molecule has 1 unspecified atom stereocenters. The van der Waals surface area contributed by atoms with Crippen LogP contribution in [0.4, 0.5) is 0 Å². The third-order valence-electron chi connectivity index (χ3n) is 3.77. The molecule has 2 aromatic heterocycles. The lowest BCUT2D eigenvalue weighted by Gasteiger charge is -2.22. The summed E-state index contributed by atoms with van der Waals surface area (Å²) >= 11 is 0. The molecular formula is C14H19N5O. The van der Waals surface area contributed by atoms with Crippen molar-refractivity contribution in [1.82, 2.24) is 24.9 Å². The van der Waals surface area contributed by atoms with E-state index in [1.807, 2.05) is 35.8 Å². The number of rotatable bonds is 3. The van der Waals surface area contributed by atoms with Crippen LogP contribution in [0.1, 0.15) is 54.8 Å². The molecule has 1 amide bonds. The van der Waals surface area contributed by atoms with Crippen molar-refractivity contribution in [3.63, 3.8) is 0 Å². The molecule has 1 saturated heterocycles. The van der Waals surface area contributed by atoms with Gasteiger partial charge in [-0.1, -0.05) is 0 Å². The first-order valence-corrected chi connectivity index (χ1v) is 7.01. The van der Waals surface area contributed by atoms with Crippen molar-refractivity contribution in [2.75, 3.05) is 6.54 Å². The van der Waals surface area contributed by atoms with Crippen molar-refractivity contribution >= 4 is 5.91 Å². The van der Waals surface area contributed by atoms with E-state index in [1.54, 1.807) is 12.3 Å². The Hall–Kier alpha value is -2.11. The fourth-order valence-corrected chi connectivity index (χ4v) is 2.69. The molecule has 6 nitrogen and oxygen atoms in total. The van der Waals surface area contributed by atoms with Crippen LogP contribution in [-0.2, 0) is 0 Å². The first-order chi connectivity index (χ1) is 9.66. The number of aromatic nitrogens is 4. The van der Waals surface area contributed by atoms with E-state index in [0.29, 0.717) is 5.69 Å². The third-order valence-corrected chi connectivity index (χ3v) is 3.77. The van der Waals surface area contributed by atoms with Gasteiger partial charge in [0.1, 0.15) is 5.69 Å². The molecule has 0 saturated carbocycles. The van der Waals surface area contributed by atoms with Crippen LogP contribution in [0.2, 0.25) is 0 Å². The van der Waals surface area contributed by atoms with Crippen LogP contribution in [0.25, 0.3) is 0 Å². The molecule has 1 aliphatic heterocycles. The van der Waals surface area contributed by atoms with Crippen molar-refractivity contribution in [2.45, 2.75) is 38.8 Å². The van der Waals surface area contributed by atoms with Crippen molar-refractivity contribution in [3.05, 3.63) is 35.9 Å². The monoisotopic (exact) mass is 273 g/mol. The summed E-state index contributed by atoms with van der Waals surface area (Å²) in [7, 11) is 0. The predicted molar refractivity (Wildman–Crippen MR) is 74.2 cm³/mol. The van der Waals surface area contributed by atoms with Gasteiger partial charge >= 0.3 is 0 Å². The number of amides is 1. The van der Waals surface area contributed by atoms with Crippen molar-refractivity contribution in [2.24, 2.45) is 0 Å². The quantitative estimate of drug-likeness (QED) is 0.932. The number of H-pyrrole nitrogens is 1. The number of nitrogens with zero attached hydrogens (tertiary/aromatic N) is 4. The van der Waals surface area contributed by atoms with Crippen LogP contribution in [0.3, 0.4) is 0 Å². The lowest BCUT2D eigenvalue weighted by atomic mass is 10.1. The van der Waals surface area contributed by atoms with E-state index >= 15 is 0 Å². The standard InChI is InChI=1S/C14H19N5O/c1-10(2)19-7-5-12(17-19)14(20)18-6-3-4-13(18)11-8-15-16-9-11/h5,7-10,13H,3-4,6H2,1-2H3,(H,15,16). The minimum absolute atomic E-state index is 0.00750. The van der Waals surface area contributed by atoms with E-state index in [0.717, 1.165) is 24.9 Å². The van der Waals surface area contributed by atoms with Gasteiger partial charge < -0.3 is 4.90 Å². The largest absolute Gasteiger partial charge is 0.330 e. The van der Waals surface area contributed by atoms with E-state index < -0.39 is 0 Å². The Balaban J connectivity index is 1.82. The van der Waals surface area contributed by atoms with Gasteiger partial charge in [0, 0.05) is 30.5 Å². The van der Waals surface area contributed by atoms with Gasteiger partial charge in [-0.15, -0.1) is 0 Å². The predicted octanol–water partition coefficient (Wildman–Crippen LogP) is 2.16. The maximum Gasteiger partial charge on any atom is 0.274 e. The molecule has 3 heterocycles. The molecule has 106 valence electrons. The fraction of sp³-hybridized carbons (Fsp3) is 0.500. The SMILES string of the molecule is CC(C)n1ccc(C(=O)N2CCCC2c2cn[nH]c2)n1. The summed E-state index contributed by atoms with van der Waals surface area (Å²) in [6.45, 7) is 4.87. The molecule has 0 spiro atoms. The number of carbonyl (C=O) groups excluding carboxylic acids is 1. The molecule has 1 fully saturated rings. The molecule has 6 heteroatoms. The summed E-state index contributed by atoms with van der Waals surface area (Å²) in [6.07, 6.45) is 7.52. The Kier molecular flexibility index (Phi) is 3.30. The van der Waals surface area contributed by atoms with Crippen LogP contribution in [0.15, 0.2) is 24.7 Å². The molecule has 0 radical (unpaired) electrons. The summed E-state index contributed by atoms with van der Waals surface area (Å²) in [4.78, 5) is 14.5. The maximum atomic E-state index is 12.6. The summed E-state index contributed by atoms with van der Waals surface area (Å²) in [5.41, 5.74) is 1.59. The highest BCUT2D eigenvalue weighted by Crippen LogP contribution is 2.32. The highest BCUT2D eigenvalue weighted by atomic mass is 16.2. The van der Waals surface area contributed by atoms with Crippen molar-refractivity contribution < 1.29 is 4.79 Å². The molecule has 20 heavy (non-hydrogen) atoms. The number of aromatic amines is 1. The molecule has 1 aliphatic rings. The van der Waals surface area contributed by atoms with Crippen molar-refractivity contribution in [1.29, 1.82) is 0 Å². The minimum Gasteiger partial charge on any atom is -0.330 e. The Morgan fingerprint density at radius 3 is 3.00 bits per heavy atom. The van der Waals surface area contributed by atoms with E-state index in [9.17, 15) is 4.79 Å². The zero-order valence-electron chi connectivity index (χ0n) is 11.8. The molecule has 2 aromatic rings. The molecule has 1 atom stereocenters. The van der Waals surface area contributed by atoms with Gasteiger partial charge in [0.05, 0.1) is 12.2 Å². The normalized spacial score (nSPS) is 18.9. The Morgan fingerprint density at radius 1 is 1.50 bits per heavy atom. The number of hydrogen-bond acceptors (Lipinski definition) is 3. The topological polar surface area (TPSA) is 66.8 Å². The van der Waals surface area contributed by atoms with Crippen molar-refractivity contribution in [3.8, 4) is 0 Å². The molecule has 3 rings (SSSR count). The van der Waals surface area contributed by atoms with E-state index in [1.165, 1.54) is 0 Å². The highest BCUT2D eigenvalue weighted by Gasteiger charge is 2.32. The summed E-state index contributed by atoms with van der Waals surface area (Å²) in [5, 5.41) is 11.2. The first kappa shape index (κ1) is 12.9. The number of hydrogen-bond donors (Lipinski definition) is 1. The summed E-state index contributed by atoms with van der Waals surface area (Å²) in [6, 6.07) is 2.18. The van der Waals surface area contributed by atoms with Crippen LogP contribution >= 0.6 is 0 Å². The van der Waals surface area contributed by atoms with Crippen LogP contribution in [0.5, 0.6) is 0 Å². The zero-order valence-corrected chi connectivity index (χ0v) is 11.8. The second kappa shape index (κ2) is 5.11. The minimum atomic E-state index is 0.00750. The molecule has 0 aliphatic carbocycles. The van der Waals surface area contributed by atoms with Crippen LogP contribution in [0, 0.1) is 0 Å². The molecule has 0 bridgehead atoms. The van der Waals surface area contributed by atoms with Crippen LogP contribution < -0.4 is 0 Å². The Labute approximate surface area is 117 Å². The van der Waals surface area contributed by atoms with E-state index in [2.05, 4.69) is 15.3 Å². The number of nitrogens with one attached hydrogen (secondary N) is 1. The highest BCUT2D eigenvalue weighted by molar-refractivity contribution is 5.92. The van der Waals surface area contributed by atoms with E-state index in [-0.39, 0.29) is 18.0 Å². The maximum absolute atomic E-state index is 12.6. The van der Waals surface area contributed by atoms with Gasteiger partial charge in [-0.25, -0.2) is 0 Å². The second-order valence-corrected chi connectivity index (χ2v) is 5.46. The third kappa shape index (κ3) is 2.21. The molecular weight excluding hydrogens is 254 g/mol. The molecule has 0 aromatic carbocycles. The summed E-state index contributed by atoms with van der Waals surface area (Å²) in [5.74, 6) is 0.00750. The van der Waals surface area contributed by atoms with Gasteiger partial charge in [-0.3, -0.25) is 14.6 Å². The lowest BCUT2D eigenvalue weighted by Crippen LogP contribution is -2.30. The van der Waals surface area contributed by atoms with Gasteiger partial charge in [-0.05, 0) is 32.8 Å². The lowest BCUT2D eigenvalue weighted by molar-refractivity contribution is 0.0728. The average Bonchev–Trinajstić information content (AvgIpc) is 3.17. The smallest absolute Gasteiger partial charge is 0.274 e. The van der Waals surface area contributed by atoms with Gasteiger partial charge in [0.25, 0.3) is 5.91 Å². The van der Waals surface area contributed by atoms with E-state index in [4.69, 9.17) is 0 Å². The van der Waals surface area contributed by atoms with Gasteiger partial charge in [0.2, 0.25) is 0 Å². The number of carbonyl (C=O) groups is 1. The van der Waals surface area contributed by atoms with Gasteiger partial charge in [0.15, 0.2) is 0 Å². The molecule has 1 N–H and O–H groups in total.